The summed E-state index contributed by atoms with van der Waals surface area (Å²) in [7, 11) is 0. The zero-order valence-corrected chi connectivity index (χ0v) is 23.6. The van der Waals surface area contributed by atoms with Gasteiger partial charge in [0, 0.05) is 18.3 Å². The molecule has 6 heteroatoms. The second-order valence-electron chi connectivity index (χ2n) is 8.97. The van der Waals surface area contributed by atoms with Crippen molar-refractivity contribution in [2.75, 3.05) is 13.2 Å². The number of hydrogen-bond donors (Lipinski definition) is 1. The molecule has 0 aromatic rings. The number of hydrogen-bond acceptors (Lipinski definition) is 4. The molecule has 6 nitrogen and oxygen atoms in total. The van der Waals surface area contributed by atoms with Gasteiger partial charge in [-0.2, -0.15) is 5.26 Å². The smallest absolute Gasteiger partial charge is 0.249 e. The van der Waals surface area contributed by atoms with Gasteiger partial charge < -0.3 is 15.0 Å². The lowest BCUT2D eigenvalue weighted by Crippen LogP contribution is -2.49. The Balaban J connectivity index is -0.000000857. The normalized spacial score (nSPS) is 12.2. The number of nitriles is 1. The van der Waals surface area contributed by atoms with Crippen LogP contribution in [0.4, 0.5) is 0 Å². The standard InChI is InChI=1S/C20H36N2O3.C6H7N.C3H6/c1-8-10-16(3)12-21-19(24)18(14-25-20(5,6)7)22(15-23)13-17(4)11-9-2;1-3-4-6(2)5-7;1-3-2/h11-12,15,18H,8-10,13-14H2,1-7H3,(H,21,24);3-4H,2H2,1H3;3H,1H2,2H3/b16-12+,17-11+;4-3-;/t18-;;/m0../s1. The third kappa shape index (κ3) is 24.0. The van der Waals surface area contributed by atoms with Crippen LogP contribution in [0.25, 0.3) is 0 Å². The molecule has 0 heterocycles. The monoisotopic (exact) mass is 487 g/mol. The van der Waals surface area contributed by atoms with E-state index in [0.29, 0.717) is 12.1 Å². The van der Waals surface area contributed by atoms with Crippen LogP contribution in [0.3, 0.4) is 0 Å². The fourth-order valence-corrected chi connectivity index (χ4v) is 2.57. The number of nitrogens with one attached hydrogen (secondary N) is 1. The van der Waals surface area contributed by atoms with Crippen molar-refractivity contribution in [3.8, 4) is 6.07 Å². The summed E-state index contributed by atoms with van der Waals surface area (Å²) < 4.78 is 5.79. The SMILES string of the molecule is C=C(C#N)/C=C\C.C=CC.CC/C=C(\C)CN(C=O)[C@@H](COC(C)(C)C)C(=O)N/C=C(\C)CCC. The predicted octanol–water partition coefficient (Wildman–Crippen LogP) is 6.64. The minimum atomic E-state index is -0.664. The van der Waals surface area contributed by atoms with E-state index >= 15 is 0 Å². The summed E-state index contributed by atoms with van der Waals surface area (Å²) >= 11 is 0. The molecular weight excluding hydrogens is 438 g/mol. The maximum atomic E-state index is 12.7. The molecule has 0 rings (SSSR count). The van der Waals surface area contributed by atoms with Crippen LogP contribution in [-0.2, 0) is 14.3 Å². The third-order valence-electron chi connectivity index (χ3n) is 4.11. The molecule has 0 saturated carbocycles. The number of carbonyl (C=O) groups excluding carboxylic acids is 2. The van der Waals surface area contributed by atoms with E-state index in [0.717, 1.165) is 36.8 Å². The molecule has 0 saturated heterocycles. The Bertz CT molecular complexity index is 750. The van der Waals surface area contributed by atoms with Crippen molar-refractivity contribution >= 4 is 12.3 Å². The van der Waals surface area contributed by atoms with Crippen LogP contribution in [0.1, 0.15) is 81.6 Å². The van der Waals surface area contributed by atoms with Gasteiger partial charge in [-0.1, -0.05) is 56.2 Å². The van der Waals surface area contributed by atoms with Crippen LogP contribution in [0.2, 0.25) is 0 Å². The lowest BCUT2D eigenvalue weighted by Gasteiger charge is -2.30. The number of amides is 2. The second-order valence-corrected chi connectivity index (χ2v) is 8.97. The molecule has 0 aliphatic rings. The summed E-state index contributed by atoms with van der Waals surface area (Å²) in [6.07, 6.45) is 12.6. The quantitative estimate of drug-likeness (QED) is 0.145. The van der Waals surface area contributed by atoms with Gasteiger partial charge in [0.15, 0.2) is 0 Å². The van der Waals surface area contributed by atoms with Crippen molar-refractivity contribution in [1.29, 1.82) is 5.26 Å². The lowest BCUT2D eigenvalue weighted by atomic mass is 10.1. The van der Waals surface area contributed by atoms with Crippen LogP contribution < -0.4 is 5.32 Å². The van der Waals surface area contributed by atoms with Crippen LogP contribution >= 0.6 is 0 Å². The largest absolute Gasteiger partial charge is 0.373 e. The highest BCUT2D eigenvalue weighted by Crippen LogP contribution is 2.11. The summed E-state index contributed by atoms with van der Waals surface area (Å²) in [5.74, 6) is -0.226. The van der Waals surface area contributed by atoms with E-state index in [9.17, 15) is 9.59 Å². The number of ether oxygens (including phenoxy) is 1. The van der Waals surface area contributed by atoms with E-state index in [1.165, 1.54) is 4.90 Å². The zero-order chi connectivity index (χ0) is 27.9. The average Bonchev–Trinajstić information content (AvgIpc) is 2.77. The molecule has 0 fully saturated rings. The van der Waals surface area contributed by atoms with E-state index in [2.05, 4.69) is 31.5 Å². The first-order valence-corrected chi connectivity index (χ1v) is 12.1. The van der Waals surface area contributed by atoms with Crippen molar-refractivity contribution in [2.45, 2.75) is 93.2 Å². The fraction of sp³-hybridized carbons (Fsp3) is 0.552. The molecule has 1 atom stereocenters. The highest BCUT2D eigenvalue weighted by atomic mass is 16.5. The van der Waals surface area contributed by atoms with Gasteiger partial charge in [-0.3, -0.25) is 9.59 Å². The van der Waals surface area contributed by atoms with Gasteiger partial charge >= 0.3 is 0 Å². The number of rotatable bonds is 12. The molecule has 0 aromatic heterocycles. The average molecular weight is 488 g/mol. The Hall–Kier alpha value is -2.91. The number of allylic oxidation sites excluding steroid dienone is 6. The highest BCUT2D eigenvalue weighted by molar-refractivity contribution is 5.84. The molecule has 198 valence electrons. The zero-order valence-electron chi connectivity index (χ0n) is 23.6. The van der Waals surface area contributed by atoms with E-state index in [1.54, 1.807) is 24.4 Å². The lowest BCUT2D eigenvalue weighted by molar-refractivity contribution is -0.137. The molecule has 0 spiro atoms. The number of nitrogens with zero attached hydrogens (tertiary/aromatic N) is 2. The first-order valence-electron chi connectivity index (χ1n) is 12.1. The molecular formula is C29H49N3O3. The van der Waals surface area contributed by atoms with Gasteiger partial charge in [-0.05, 0) is 67.4 Å². The summed E-state index contributed by atoms with van der Waals surface area (Å²) in [6.45, 7) is 25.0. The van der Waals surface area contributed by atoms with Gasteiger partial charge in [0.1, 0.15) is 6.04 Å². The molecule has 0 aliphatic heterocycles. The highest BCUT2D eigenvalue weighted by Gasteiger charge is 2.27. The van der Waals surface area contributed by atoms with E-state index < -0.39 is 6.04 Å². The van der Waals surface area contributed by atoms with Gasteiger partial charge in [0.2, 0.25) is 12.3 Å². The van der Waals surface area contributed by atoms with Crippen molar-refractivity contribution in [1.82, 2.24) is 10.2 Å². The summed E-state index contributed by atoms with van der Waals surface area (Å²) in [4.78, 5) is 25.8. The summed E-state index contributed by atoms with van der Waals surface area (Å²) in [6, 6.07) is 1.22. The number of carbonyl (C=O) groups is 2. The topological polar surface area (TPSA) is 82.4 Å². The van der Waals surface area contributed by atoms with Crippen molar-refractivity contribution in [3.63, 3.8) is 0 Å². The molecule has 0 aliphatic carbocycles. The van der Waals surface area contributed by atoms with Gasteiger partial charge in [0.05, 0.1) is 18.3 Å². The Labute approximate surface area is 215 Å². The van der Waals surface area contributed by atoms with Gasteiger partial charge in [-0.15, -0.1) is 6.58 Å². The Morgan fingerprint density at radius 3 is 2.14 bits per heavy atom. The maximum absolute atomic E-state index is 12.7. The van der Waals surface area contributed by atoms with Crippen LogP contribution in [0.5, 0.6) is 0 Å². The van der Waals surface area contributed by atoms with Crippen LogP contribution in [-0.4, -0.2) is 42.0 Å². The predicted molar refractivity (Wildman–Crippen MR) is 149 cm³/mol. The van der Waals surface area contributed by atoms with Gasteiger partial charge in [-0.25, -0.2) is 0 Å². The summed E-state index contributed by atoms with van der Waals surface area (Å²) in [5, 5.41) is 10.9. The third-order valence-corrected chi connectivity index (χ3v) is 4.11. The van der Waals surface area contributed by atoms with Crippen molar-refractivity contribution in [3.05, 3.63) is 60.4 Å². The maximum Gasteiger partial charge on any atom is 0.249 e. The van der Waals surface area contributed by atoms with E-state index in [4.69, 9.17) is 10.00 Å². The fourth-order valence-electron chi connectivity index (χ4n) is 2.57. The minimum absolute atomic E-state index is 0.161. The Morgan fingerprint density at radius 2 is 1.77 bits per heavy atom. The first-order chi connectivity index (χ1) is 16.4. The van der Waals surface area contributed by atoms with Gasteiger partial charge in [0.25, 0.3) is 0 Å². The molecule has 0 aromatic carbocycles. The van der Waals surface area contributed by atoms with Crippen molar-refractivity contribution < 1.29 is 14.3 Å². The molecule has 35 heavy (non-hydrogen) atoms. The Morgan fingerprint density at radius 1 is 1.20 bits per heavy atom. The molecule has 1 N–H and O–H groups in total. The van der Waals surface area contributed by atoms with Crippen molar-refractivity contribution in [2.24, 2.45) is 0 Å². The molecule has 0 bridgehead atoms. The molecule has 2 amide bonds. The molecule has 0 radical (unpaired) electrons. The first kappa shape index (κ1) is 36.7. The second kappa shape index (κ2) is 22.9. The summed E-state index contributed by atoms with van der Waals surface area (Å²) in [5.41, 5.74) is 2.28. The molecule has 0 unspecified atom stereocenters. The Kier molecular flexibility index (Phi) is 23.9. The van der Waals surface area contributed by atoms with E-state index in [1.807, 2.05) is 61.5 Å². The van der Waals surface area contributed by atoms with E-state index in [-0.39, 0.29) is 18.1 Å². The van der Waals surface area contributed by atoms with Crippen LogP contribution in [0, 0.1) is 11.3 Å². The minimum Gasteiger partial charge on any atom is -0.373 e. The van der Waals surface area contributed by atoms with Crippen LogP contribution in [0.15, 0.2) is 60.4 Å².